The van der Waals surface area contributed by atoms with E-state index < -0.39 is 6.10 Å². The summed E-state index contributed by atoms with van der Waals surface area (Å²) in [4.78, 5) is 27.5. The number of benzene rings is 2. The molecule has 0 saturated carbocycles. The molecule has 1 aliphatic rings. The minimum absolute atomic E-state index is 0.0345. The first-order chi connectivity index (χ1) is 13.9. The number of carbonyl (C=O) groups excluding carboxylic acids is 2. The van der Waals surface area contributed by atoms with Gasteiger partial charge in [0.15, 0.2) is 6.10 Å². The molecule has 2 amide bonds. The highest BCUT2D eigenvalue weighted by molar-refractivity contribution is 6.04. The van der Waals surface area contributed by atoms with Crippen LogP contribution in [-0.4, -0.2) is 35.9 Å². The zero-order chi connectivity index (χ0) is 21.0. The predicted molar refractivity (Wildman–Crippen MR) is 116 cm³/mol. The topological polar surface area (TPSA) is 58.6 Å². The molecule has 1 fully saturated rings. The zero-order valence-corrected chi connectivity index (χ0v) is 17.7. The van der Waals surface area contributed by atoms with E-state index in [1.807, 2.05) is 42.2 Å². The molecule has 0 unspecified atom stereocenters. The smallest absolute Gasteiger partial charge is 0.265 e. The predicted octanol–water partition coefficient (Wildman–Crippen LogP) is 4.76. The van der Waals surface area contributed by atoms with Crippen molar-refractivity contribution in [3.8, 4) is 5.75 Å². The molecule has 3 rings (SSSR count). The van der Waals surface area contributed by atoms with Crippen molar-refractivity contribution in [3.63, 3.8) is 0 Å². The highest BCUT2D eigenvalue weighted by Crippen LogP contribution is 2.28. The van der Waals surface area contributed by atoms with Gasteiger partial charge in [-0.05, 0) is 61.9 Å². The molecule has 1 saturated heterocycles. The zero-order valence-electron chi connectivity index (χ0n) is 17.7. The van der Waals surface area contributed by atoms with Gasteiger partial charge in [0.1, 0.15) is 5.75 Å². The second kappa shape index (κ2) is 9.12. The second-order valence-electron chi connectivity index (χ2n) is 7.99. The molecule has 2 aromatic carbocycles. The summed E-state index contributed by atoms with van der Waals surface area (Å²) >= 11 is 0. The molecule has 2 aromatic rings. The van der Waals surface area contributed by atoms with Crippen LogP contribution in [0.4, 0.5) is 5.69 Å². The molecule has 5 nitrogen and oxygen atoms in total. The maximum Gasteiger partial charge on any atom is 0.265 e. The van der Waals surface area contributed by atoms with Gasteiger partial charge in [0.05, 0.1) is 11.3 Å². The van der Waals surface area contributed by atoms with Gasteiger partial charge in [0.2, 0.25) is 0 Å². The first-order valence-electron chi connectivity index (χ1n) is 10.3. The normalized spacial score (nSPS) is 14.7. The summed E-state index contributed by atoms with van der Waals surface area (Å²) in [5, 5.41) is 2.89. The van der Waals surface area contributed by atoms with E-state index in [0.29, 0.717) is 17.2 Å². The average molecular weight is 395 g/mol. The Morgan fingerprint density at radius 1 is 1.03 bits per heavy atom. The van der Waals surface area contributed by atoms with E-state index in [1.165, 1.54) is 0 Å². The lowest BCUT2D eigenvalue weighted by molar-refractivity contribution is -0.122. The van der Waals surface area contributed by atoms with Crippen molar-refractivity contribution < 1.29 is 14.3 Å². The lowest BCUT2D eigenvalue weighted by Gasteiger charge is -2.21. The molecule has 0 aliphatic carbocycles. The maximum absolute atomic E-state index is 12.8. The summed E-state index contributed by atoms with van der Waals surface area (Å²) in [5.74, 6) is 0.708. The van der Waals surface area contributed by atoms with Crippen molar-refractivity contribution in [1.82, 2.24) is 4.90 Å². The van der Waals surface area contributed by atoms with E-state index >= 15 is 0 Å². The van der Waals surface area contributed by atoms with Crippen LogP contribution in [0.3, 0.4) is 0 Å². The minimum atomic E-state index is -0.691. The van der Waals surface area contributed by atoms with Crippen LogP contribution in [0.25, 0.3) is 0 Å². The van der Waals surface area contributed by atoms with Crippen molar-refractivity contribution in [3.05, 3.63) is 59.2 Å². The third-order valence-corrected chi connectivity index (χ3v) is 5.27. The van der Waals surface area contributed by atoms with Crippen molar-refractivity contribution in [2.75, 3.05) is 18.4 Å². The average Bonchev–Trinajstić information content (AvgIpc) is 3.22. The van der Waals surface area contributed by atoms with Gasteiger partial charge in [0, 0.05) is 13.1 Å². The van der Waals surface area contributed by atoms with Gasteiger partial charge in [-0.2, -0.15) is 0 Å². The number of rotatable bonds is 6. The number of likely N-dealkylation sites (tertiary alicyclic amines) is 1. The van der Waals surface area contributed by atoms with Crippen LogP contribution in [0.15, 0.2) is 42.5 Å². The molecule has 5 heteroatoms. The molecule has 1 heterocycles. The summed E-state index contributed by atoms with van der Waals surface area (Å²) < 4.78 is 6.01. The van der Waals surface area contributed by atoms with Gasteiger partial charge in [0.25, 0.3) is 11.8 Å². The number of anilines is 1. The molecule has 0 bridgehead atoms. The van der Waals surface area contributed by atoms with Gasteiger partial charge in [-0.25, -0.2) is 0 Å². The molecular formula is C24H30N2O3. The molecule has 154 valence electrons. The van der Waals surface area contributed by atoms with E-state index in [-0.39, 0.29) is 11.8 Å². The van der Waals surface area contributed by atoms with Crippen LogP contribution >= 0.6 is 0 Å². The first-order valence-corrected chi connectivity index (χ1v) is 10.3. The van der Waals surface area contributed by atoms with Gasteiger partial charge in [-0.15, -0.1) is 0 Å². The molecule has 29 heavy (non-hydrogen) atoms. The Hall–Kier alpha value is -2.82. The molecule has 1 N–H and O–H groups in total. The minimum Gasteiger partial charge on any atom is -0.481 e. The van der Waals surface area contributed by atoms with Crippen molar-refractivity contribution in [2.45, 2.75) is 52.6 Å². The molecule has 1 atom stereocenters. The van der Waals surface area contributed by atoms with E-state index in [0.717, 1.165) is 42.8 Å². The van der Waals surface area contributed by atoms with Gasteiger partial charge < -0.3 is 15.0 Å². The summed E-state index contributed by atoms with van der Waals surface area (Å²) in [7, 11) is 0. The van der Waals surface area contributed by atoms with Gasteiger partial charge in [-0.3, -0.25) is 9.59 Å². The fourth-order valence-electron chi connectivity index (χ4n) is 3.57. The standard InChI is InChI=1S/C24H30N2O3/c1-16(2)19-12-11-17(3)15-22(19)29-18(4)23(27)25-21-10-6-5-9-20(21)24(28)26-13-7-8-14-26/h5-6,9-12,15-16,18H,7-8,13-14H2,1-4H3,(H,25,27)/t18-/m1/s1. The quantitative estimate of drug-likeness (QED) is 0.768. The summed E-state index contributed by atoms with van der Waals surface area (Å²) in [6.07, 6.45) is 1.36. The molecular weight excluding hydrogens is 364 g/mol. The van der Waals surface area contributed by atoms with Crippen LogP contribution in [0.5, 0.6) is 5.75 Å². The van der Waals surface area contributed by atoms with Crippen LogP contribution in [0, 0.1) is 6.92 Å². The third kappa shape index (κ3) is 4.97. The Bertz CT molecular complexity index is 885. The Balaban J connectivity index is 1.74. The summed E-state index contributed by atoms with van der Waals surface area (Å²) in [5.41, 5.74) is 3.20. The largest absolute Gasteiger partial charge is 0.481 e. The third-order valence-electron chi connectivity index (χ3n) is 5.27. The van der Waals surface area contributed by atoms with Crippen molar-refractivity contribution in [1.29, 1.82) is 0 Å². The number of hydrogen-bond acceptors (Lipinski definition) is 3. The molecule has 0 spiro atoms. The highest BCUT2D eigenvalue weighted by Gasteiger charge is 2.24. The fourth-order valence-corrected chi connectivity index (χ4v) is 3.57. The summed E-state index contributed by atoms with van der Waals surface area (Å²) in [6, 6.07) is 13.2. The number of para-hydroxylation sites is 1. The van der Waals surface area contributed by atoms with E-state index in [1.54, 1.807) is 19.1 Å². The van der Waals surface area contributed by atoms with Crippen molar-refractivity contribution >= 4 is 17.5 Å². The highest BCUT2D eigenvalue weighted by atomic mass is 16.5. The molecule has 1 aliphatic heterocycles. The van der Waals surface area contributed by atoms with Gasteiger partial charge in [-0.1, -0.05) is 38.1 Å². The number of hydrogen-bond donors (Lipinski definition) is 1. The number of carbonyl (C=O) groups is 2. The van der Waals surface area contributed by atoms with Crippen LogP contribution in [-0.2, 0) is 4.79 Å². The molecule has 0 aromatic heterocycles. The van der Waals surface area contributed by atoms with Crippen molar-refractivity contribution in [2.24, 2.45) is 0 Å². The molecule has 0 radical (unpaired) electrons. The number of ether oxygens (including phenoxy) is 1. The lowest BCUT2D eigenvalue weighted by Crippen LogP contribution is -2.32. The van der Waals surface area contributed by atoms with E-state index in [4.69, 9.17) is 4.74 Å². The van der Waals surface area contributed by atoms with Crippen LogP contribution in [0.2, 0.25) is 0 Å². The number of nitrogens with zero attached hydrogens (tertiary/aromatic N) is 1. The Morgan fingerprint density at radius 3 is 2.41 bits per heavy atom. The van der Waals surface area contributed by atoms with Crippen LogP contribution in [0.1, 0.15) is 61.0 Å². The monoisotopic (exact) mass is 394 g/mol. The summed E-state index contributed by atoms with van der Waals surface area (Å²) in [6.45, 7) is 9.47. The Kier molecular flexibility index (Phi) is 6.57. The van der Waals surface area contributed by atoms with E-state index in [9.17, 15) is 9.59 Å². The van der Waals surface area contributed by atoms with Crippen LogP contribution < -0.4 is 10.1 Å². The second-order valence-corrected chi connectivity index (χ2v) is 7.99. The SMILES string of the molecule is Cc1ccc(C(C)C)c(O[C@H](C)C(=O)Nc2ccccc2C(=O)N2CCCC2)c1. The Morgan fingerprint density at radius 2 is 1.72 bits per heavy atom. The van der Waals surface area contributed by atoms with E-state index in [2.05, 4.69) is 19.2 Å². The number of amides is 2. The maximum atomic E-state index is 12.8. The Labute approximate surface area is 173 Å². The van der Waals surface area contributed by atoms with Gasteiger partial charge >= 0.3 is 0 Å². The fraction of sp³-hybridized carbons (Fsp3) is 0.417. The number of aryl methyl sites for hydroxylation is 1. The first kappa shape index (κ1) is 20.9. The number of nitrogens with one attached hydrogen (secondary N) is 1. The lowest BCUT2D eigenvalue weighted by atomic mass is 10.0.